The molecule has 7 nitrogen and oxygen atoms in total. The van der Waals surface area contributed by atoms with Gasteiger partial charge in [0.1, 0.15) is 5.82 Å². The fraction of sp³-hybridized carbons (Fsp3) is 0.263. The van der Waals surface area contributed by atoms with Gasteiger partial charge in [-0.15, -0.1) is 16.4 Å². The molecule has 2 aromatic heterocycles. The van der Waals surface area contributed by atoms with Gasteiger partial charge >= 0.3 is 0 Å². The van der Waals surface area contributed by atoms with Crippen LogP contribution in [0.5, 0.6) is 0 Å². The summed E-state index contributed by atoms with van der Waals surface area (Å²) >= 11 is 2.89. The Labute approximate surface area is 171 Å². The van der Waals surface area contributed by atoms with E-state index in [-0.39, 0.29) is 24.1 Å². The van der Waals surface area contributed by atoms with Gasteiger partial charge in [-0.2, -0.15) is 0 Å². The van der Waals surface area contributed by atoms with Crippen LogP contribution in [0.1, 0.15) is 21.8 Å². The standard InChI is InChI=1S/C19H21N5O2S2/c1-12-5-3-7-15(13(12)2)21-17(25)10-20-18(26)11-28-19-22-16(23-24-19)9-14-6-4-8-27-14/h3-8H,9-11H2,1-2H3,(H,20,26)(H,21,25)(H,22,23,24). The zero-order chi connectivity index (χ0) is 19.9. The Bertz CT molecular complexity index is 953. The molecule has 0 atom stereocenters. The molecule has 0 saturated heterocycles. The molecule has 0 radical (unpaired) electrons. The van der Waals surface area contributed by atoms with E-state index >= 15 is 0 Å². The highest BCUT2D eigenvalue weighted by Gasteiger charge is 2.11. The molecular formula is C19H21N5O2S2. The first kappa shape index (κ1) is 20.1. The van der Waals surface area contributed by atoms with Crippen LogP contribution >= 0.6 is 23.1 Å². The Morgan fingerprint density at radius 1 is 1.18 bits per heavy atom. The lowest BCUT2D eigenvalue weighted by atomic mass is 10.1. The van der Waals surface area contributed by atoms with Gasteiger partial charge in [-0.25, -0.2) is 4.98 Å². The van der Waals surface area contributed by atoms with Gasteiger partial charge in [0.15, 0.2) is 0 Å². The average Bonchev–Trinajstić information content (AvgIpc) is 3.34. The minimum absolute atomic E-state index is 0.0790. The molecule has 0 bridgehead atoms. The number of amides is 2. The summed E-state index contributed by atoms with van der Waals surface area (Å²) in [6.45, 7) is 3.85. The molecule has 0 spiro atoms. The zero-order valence-corrected chi connectivity index (χ0v) is 17.2. The molecule has 3 rings (SSSR count). The van der Waals surface area contributed by atoms with Crippen molar-refractivity contribution in [2.75, 3.05) is 17.6 Å². The number of aryl methyl sites for hydroxylation is 1. The molecule has 0 fully saturated rings. The molecule has 0 aliphatic carbocycles. The molecular weight excluding hydrogens is 394 g/mol. The van der Waals surface area contributed by atoms with E-state index in [1.807, 2.05) is 49.6 Å². The van der Waals surface area contributed by atoms with Crippen LogP contribution in [0.3, 0.4) is 0 Å². The predicted octanol–water partition coefficient (Wildman–Crippen LogP) is 2.92. The molecule has 2 amide bonds. The SMILES string of the molecule is Cc1cccc(NC(=O)CNC(=O)CSc2n[nH]c(Cc3cccs3)n2)c1C. The molecule has 146 valence electrons. The fourth-order valence-corrected chi connectivity index (χ4v) is 3.80. The van der Waals surface area contributed by atoms with Crippen LogP contribution in [0, 0.1) is 13.8 Å². The van der Waals surface area contributed by atoms with E-state index in [1.165, 1.54) is 16.6 Å². The smallest absolute Gasteiger partial charge is 0.243 e. The van der Waals surface area contributed by atoms with Crippen LogP contribution in [-0.4, -0.2) is 39.3 Å². The van der Waals surface area contributed by atoms with Gasteiger partial charge in [0.2, 0.25) is 17.0 Å². The number of aromatic nitrogens is 3. The third-order valence-corrected chi connectivity index (χ3v) is 5.81. The Morgan fingerprint density at radius 3 is 2.82 bits per heavy atom. The summed E-state index contributed by atoms with van der Waals surface area (Å²) in [5.74, 6) is 0.403. The quantitative estimate of drug-likeness (QED) is 0.491. The summed E-state index contributed by atoms with van der Waals surface area (Å²) in [6, 6.07) is 9.74. The van der Waals surface area contributed by atoms with Crippen LogP contribution in [0.2, 0.25) is 0 Å². The maximum atomic E-state index is 12.0. The zero-order valence-electron chi connectivity index (χ0n) is 15.6. The van der Waals surface area contributed by atoms with Crippen molar-refractivity contribution in [3.05, 3.63) is 57.5 Å². The molecule has 1 aromatic carbocycles. The summed E-state index contributed by atoms with van der Waals surface area (Å²) in [6.07, 6.45) is 0.690. The molecule has 0 saturated carbocycles. The Hall–Kier alpha value is -2.65. The average molecular weight is 416 g/mol. The topological polar surface area (TPSA) is 99.8 Å². The predicted molar refractivity (Wildman–Crippen MR) is 112 cm³/mol. The van der Waals surface area contributed by atoms with E-state index in [0.717, 1.165) is 22.6 Å². The number of thiophene rings is 1. The van der Waals surface area contributed by atoms with Crippen molar-refractivity contribution in [2.45, 2.75) is 25.4 Å². The molecule has 3 aromatic rings. The highest BCUT2D eigenvalue weighted by molar-refractivity contribution is 7.99. The van der Waals surface area contributed by atoms with Crippen LogP contribution in [-0.2, 0) is 16.0 Å². The highest BCUT2D eigenvalue weighted by Crippen LogP contribution is 2.18. The van der Waals surface area contributed by atoms with Crippen LogP contribution < -0.4 is 10.6 Å². The van der Waals surface area contributed by atoms with Crippen LogP contribution in [0.4, 0.5) is 5.69 Å². The molecule has 9 heteroatoms. The lowest BCUT2D eigenvalue weighted by Crippen LogP contribution is -2.34. The van der Waals surface area contributed by atoms with E-state index in [0.29, 0.717) is 11.6 Å². The number of carbonyl (C=O) groups is 2. The van der Waals surface area contributed by atoms with E-state index in [2.05, 4.69) is 25.8 Å². The van der Waals surface area contributed by atoms with Crippen molar-refractivity contribution in [1.82, 2.24) is 20.5 Å². The van der Waals surface area contributed by atoms with E-state index in [4.69, 9.17) is 0 Å². The molecule has 0 unspecified atom stereocenters. The van der Waals surface area contributed by atoms with Gasteiger partial charge in [0, 0.05) is 17.0 Å². The fourth-order valence-electron chi connectivity index (χ4n) is 2.44. The maximum Gasteiger partial charge on any atom is 0.243 e. The number of hydrogen-bond donors (Lipinski definition) is 3. The minimum Gasteiger partial charge on any atom is -0.346 e. The van der Waals surface area contributed by atoms with Gasteiger partial charge in [-0.3, -0.25) is 14.7 Å². The summed E-state index contributed by atoms with van der Waals surface area (Å²) < 4.78 is 0. The largest absolute Gasteiger partial charge is 0.346 e. The number of H-pyrrole nitrogens is 1. The molecule has 2 heterocycles. The van der Waals surface area contributed by atoms with E-state index in [1.54, 1.807) is 11.3 Å². The Kier molecular flexibility index (Phi) is 6.83. The number of benzene rings is 1. The second kappa shape index (κ2) is 9.52. The number of carbonyl (C=O) groups excluding carboxylic acids is 2. The first-order chi connectivity index (χ1) is 13.5. The van der Waals surface area contributed by atoms with Crippen molar-refractivity contribution in [3.63, 3.8) is 0 Å². The maximum absolute atomic E-state index is 12.0. The van der Waals surface area contributed by atoms with Gasteiger partial charge in [-0.05, 0) is 42.5 Å². The lowest BCUT2D eigenvalue weighted by molar-refractivity contribution is -0.122. The van der Waals surface area contributed by atoms with Crippen molar-refractivity contribution in [2.24, 2.45) is 0 Å². The van der Waals surface area contributed by atoms with Gasteiger partial charge in [-0.1, -0.05) is 30.0 Å². The summed E-state index contributed by atoms with van der Waals surface area (Å²) in [7, 11) is 0. The monoisotopic (exact) mass is 415 g/mol. The van der Waals surface area contributed by atoms with Gasteiger partial charge < -0.3 is 10.6 Å². The van der Waals surface area contributed by atoms with Gasteiger partial charge in [0.25, 0.3) is 0 Å². The Balaban J connectivity index is 1.40. The van der Waals surface area contributed by atoms with Crippen molar-refractivity contribution in [1.29, 1.82) is 0 Å². The first-order valence-corrected chi connectivity index (χ1v) is 10.6. The van der Waals surface area contributed by atoms with Crippen LogP contribution in [0.25, 0.3) is 0 Å². The number of rotatable bonds is 8. The Morgan fingerprint density at radius 2 is 2.04 bits per heavy atom. The summed E-state index contributed by atoms with van der Waals surface area (Å²) in [5.41, 5.74) is 2.87. The third-order valence-electron chi connectivity index (χ3n) is 4.09. The first-order valence-electron chi connectivity index (χ1n) is 8.70. The molecule has 28 heavy (non-hydrogen) atoms. The molecule has 0 aliphatic heterocycles. The lowest BCUT2D eigenvalue weighted by Gasteiger charge is -2.10. The number of hydrogen-bond acceptors (Lipinski definition) is 6. The normalized spacial score (nSPS) is 10.6. The third kappa shape index (κ3) is 5.67. The van der Waals surface area contributed by atoms with Gasteiger partial charge in [0.05, 0.1) is 12.3 Å². The van der Waals surface area contributed by atoms with Crippen molar-refractivity contribution in [3.8, 4) is 0 Å². The molecule has 3 N–H and O–H groups in total. The number of nitrogens with zero attached hydrogens (tertiary/aromatic N) is 2. The number of nitrogens with one attached hydrogen (secondary N) is 3. The summed E-state index contributed by atoms with van der Waals surface area (Å²) in [4.78, 5) is 29.6. The molecule has 0 aliphatic rings. The number of thioether (sulfide) groups is 1. The number of aromatic amines is 1. The number of anilines is 1. The second-order valence-electron chi connectivity index (χ2n) is 6.18. The van der Waals surface area contributed by atoms with Crippen molar-refractivity contribution >= 4 is 40.6 Å². The highest BCUT2D eigenvalue weighted by atomic mass is 32.2. The second-order valence-corrected chi connectivity index (χ2v) is 8.16. The van der Waals surface area contributed by atoms with E-state index in [9.17, 15) is 9.59 Å². The summed E-state index contributed by atoms with van der Waals surface area (Å²) in [5, 5.41) is 15.0. The minimum atomic E-state index is -0.261. The van der Waals surface area contributed by atoms with E-state index < -0.39 is 0 Å². The van der Waals surface area contributed by atoms with Crippen LogP contribution in [0.15, 0.2) is 40.9 Å². The van der Waals surface area contributed by atoms with Crippen molar-refractivity contribution < 1.29 is 9.59 Å².